The van der Waals surface area contributed by atoms with Crippen LogP contribution in [0.25, 0.3) is 6.08 Å². The Hall–Kier alpha value is -2.83. The number of hydrogen-bond donors (Lipinski definition) is 3. The van der Waals surface area contributed by atoms with Gasteiger partial charge in [0.2, 0.25) is 11.8 Å². The molecular weight excluding hydrogens is 276 g/mol. The Balaban J connectivity index is 2.36. The lowest BCUT2D eigenvalue weighted by Gasteiger charge is -2.03. The van der Waals surface area contributed by atoms with Crippen LogP contribution in [-0.2, 0) is 14.4 Å². The molecule has 1 rings (SSSR count). The van der Waals surface area contributed by atoms with E-state index >= 15 is 0 Å². The summed E-state index contributed by atoms with van der Waals surface area (Å²) in [6, 6.07) is 7.08. The fourth-order valence-corrected chi connectivity index (χ4v) is 1.35. The molecule has 1 aromatic carbocycles. The van der Waals surface area contributed by atoms with Gasteiger partial charge in [0, 0.05) is 6.08 Å². The van der Waals surface area contributed by atoms with E-state index in [0.29, 0.717) is 5.75 Å². The minimum Gasteiger partial charge on any atom is -0.497 e. The molecule has 3 N–H and O–H groups in total. The molecular formula is C14H16N2O5. The molecule has 7 nitrogen and oxygen atoms in total. The first-order valence-electron chi connectivity index (χ1n) is 6.09. The highest BCUT2D eigenvalue weighted by Gasteiger charge is 2.04. The molecule has 112 valence electrons. The maximum absolute atomic E-state index is 11.5. The number of carbonyl (C=O) groups is 3. The van der Waals surface area contributed by atoms with E-state index in [1.807, 2.05) is 0 Å². The zero-order valence-corrected chi connectivity index (χ0v) is 11.5. The highest BCUT2D eigenvalue weighted by molar-refractivity contribution is 5.94. The average Bonchev–Trinajstić information content (AvgIpc) is 2.49. The number of hydrogen-bond acceptors (Lipinski definition) is 4. The Labute approximate surface area is 121 Å². The standard InChI is InChI=1S/C14H16N2O5/c1-21-11-5-2-10(3-6-11)4-7-12(17)15-8-13(18)16-9-14(19)20/h2-7H,8-9H2,1H3,(H,15,17)(H,16,18)(H,19,20). The summed E-state index contributed by atoms with van der Waals surface area (Å²) in [5.74, 6) is -1.44. The van der Waals surface area contributed by atoms with Crippen LogP contribution in [0, 0.1) is 0 Å². The predicted molar refractivity (Wildman–Crippen MR) is 75.7 cm³/mol. The van der Waals surface area contributed by atoms with Crippen LogP contribution in [-0.4, -0.2) is 43.1 Å². The van der Waals surface area contributed by atoms with Crippen LogP contribution in [0.2, 0.25) is 0 Å². The molecule has 0 bridgehead atoms. The van der Waals surface area contributed by atoms with Gasteiger partial charge in [-0.1, -0.05) is 12.1 Å². The smallest absolute Gasteiger partial charge is 0.322 e. The number of nitrogens with one attached hydrogen (secondary N) is 2. The summed E-state index contributed by atoms with van der Waals surface area (Å²) in [4.78, 5) is 32.9. The SMILES string of the molecule is COc1ccc(C=CC(=O)NCC(=O)NCC(=O)O)cc1. The van der Waals surface area contributed by atoms with Crippen molar-refractivity contribution in [3.8, 4) is 5.75 Å². The van der Waals surface area contributed by atoms with Crippen molar-refractivity contribution in [2.45, 2.75) is 0 Å². The molecule has 0 heterocycles. The molecule has 0 aliphatic carbocycles. The van der Waals surface area contributed by atoms with Crippen LogP contribution in [0.1, 0.15) is 5.56 Å². The van der Waals surface area contributed by atoms with Gasteiger partial charge in [0.1, 0.15) is 12.3 Å². The van der Waals surface area contributed by atoms with Crippen LogP contribution in [0.3, 0.4) is 0 Å². The van der Waals surface area contributed by atoms with Crippen molar-refractivity contribution in [1.82, 2.24) is 10.6 Å². The van der Waals surface area contributed by atoms with Crippen LogP contribution < -0.4 is 15.4 Å². The summed E-state index contributed by atoms with van der Waals surface area (Å²) < 4.78 is 5.01. The fraction of sp³-hybridized carbons (Fsp3) is 0.214. The maximum Gasteiger partial charge on any atom is 0.322 e. The molecule has 0 aromatic heterocycles. The number of carbonyl (C=O) groups excluding carboxylic acids is 2. The van der Waals surface area contributed by atoms with E-state index in [1.165, 1.54) is 6.08 Å². The maximum atomic E-state index is 11.5. The normalized spacial score (nSPS) is 10.1. The lowest BCUT2D eigenvalue weighted by molar-refractivity contribution is -0.137. The molecule has 7 heteroatoms. The number of ether oxygens (including phenoxy) is 1. The summed E-state index contributed by atoms with van der Waals surface area (Å²) in [5.41, 5.74) is 0.807. The van der Waals surface area contributed by atoms with Gasteiger partial charge in [-0.15, -0.1) is 0 Å². The number of rotatable bonds is 7. The van der Waals surface area contributed by atoms with Crippen molar-refractivity contribution in [2.24, 2.45) is 0 Å². The first-order valence-corrected chi connectivity index (χ1v) is 6.09. The molecule has 0 aliphatic heterocycles. The second-order valence-corrected chi connectivity index (χ2v) is 3.99. The summed E-state index contributed by atoms with van der Waals surface area (Å²) in [6.45, 7) is -0.755. The first kappa shape index (κ1) is 16.2. The fourth-order valence-electron chi connectivity index (χ4n) is 1.35. The van der Waals surface area contributed by atoms with E-state index in [4.69, 9.17) is 9.84 Å². The number of carboxylic acid groups (broad SMARTS) is 1. The van der Waals surface area contributed by atoms with Gasteiger partial charge in [-0.3, -0.25) is 14.4 Å². The van der Waals surface area contributed by atoms with Crippen LogP contribution >= 0.6 is 0 Å². The highest BCUT2D eigenvalue weighted by Crippen LogP contribution is 2.11. The number of methoxy groups -OCH3 is 1. The molecule has 21 heavy (non-hydrogen) atoms. The van der Waals surface area contributed by atoms with Gasteiger partial charge in [0.15, 0.2) is 0 Å². The molecule has 0 saturated carbocycles. The lowest BCUT2D eigenvalue weighted by atomic mass is 10.2. The largest absolute Gasteiger partial charge is 0.497 e. The molecule has 0 unspecified atom stereocenters. The van der Waals surface area contributed by atoms with Gasteiger partial charge in [0.25, 0.3) is 0 Å². The van der Waals surface area contributed by atoms with Gasteiger partial charge in [0.05, 0.1) is 13.7 Å². The highest BCUT2D eigenvalue weighted by atomic mass is 16.5. The van der Waals surface area contributed by atoms with Crippen molar-refractivity contribution >= 4 is 23.9 Å². The summed E-state index contributed by atoms with van der Waals surface area (Å²) in [6.07, 6.45) is 2.87. The molecule has 0 aliphatic rings. The second kappa shape index (κ2) is 8.36. The van der Waals surface area contributed by atoms with Gasteiger partial charge in [-0.25, -0.2) is 0 Å². The Morgan fingerprint density at radius 3 is 2.38 bits per heavy atom. The molecule has 0 saturated heterocycles. The topological polar surface area (TPSA) is 105 Å². The summed E-state index contributed by atoms with van der Waals surface area (Å²) in [7, 11) is 1.56. The van der Waals surface area contributed by atoms with Crippen molar-refractivity contribution in [1.29, 1.82) is 0 Å². The third-order valence-corrected chi connectivity index (χ3v) is 2.40. The Kier molecular flexibility index (Phi) is 6.46. The third kappa shape index (κ3) is 6.76. The first-order chi connectivity index (χ1) is 10.0. The molecule has 0 atom stereocenters. The number of aliphatic carboxylic acids is 1. The summed E-state index contributed by atoms with van der Waals surface area (Å²) >= 11 is 0. The van der Waals surface area contributed by atoms with Gasteiger partial charge in [-0.05, 0) is 23.8 Å². The van der Waals surface area contributed by atoms with Crippen molar-refractivity contribution < 1.29 is 24.2 Å². The summed E-state index contributed by atoms with van der Waals surface area (Å²) in [5, 5.41) is 12.8. The molecule has 1 aromatic rings. The van der Waals surface area contributed by atoms with Gasteiger partial charge in [-0.2, -0.15) is 0 Å². The van der Waals surface area contributed by atoms with Crippen molar-refractivity contribution in [3.63, 3.8) is 0 Å². The monoisotopic (exact) mass is 292 g/mol. The molecule has 0 radical (unpaired) electrons. The zero-order chi connectivity index (χ0) is 15.7. The quantitative estimate of drug-likeness (QED) is 0.615. The number of amides is 2. The van der Waals surface area contributed by atoms with Crippen LogP contribution in [0.4, 0.5) is 0 Å². The van der Waals surface area contributed by atoms with E-state index in [-0.39, 0.29) is 6.54 Å². The van der Waals surface area contributed by atoms with E-state index in [9.17, 15) is 14.4 Å². The third-order valence-electron chi connectivity index (χ3n) is 2.40. The van der Waals surface area contributed by atoms with Crippen molar-refractivity contribution in [2.75, 3.05) is 20.2 Å². The zero-order valence-electron chi connectivity index (χ0n) is 11.5. The van der Waals surface area contributed by atoms with Gasteiger partial charge < -0.3 is 20.5 Å². The average molecular weight is 292 g/mol. The van der Waals surface area contributed by atoms with E-state index in [2.05, 4.69) is 10.6 Å². The van der Waals surface area contributed by atoms with Gasteiger partial charge >= 0.3 is 5.97 Å². The van der Waals surface area contributed by atoms with Crippen molar-refractivity contribution in [3.05, 3.63) is 35.9 Å². The van der Waals surface area contributed by atoms with E-state index in [1.54, 1.807) is 37.5 Å². The minimum atomic E-state index is -1.14. The minimum absolute atomic E-state index is 0.279. The predicted octanol–water partition coefficient (Wildman–Crippen LogP) is 0.0254. The van der Waals surface area contributed by atoms with Crippen LogP contribution in [0.5, 0.6) is 5.75 Å². The number of benzene rings is 1. The lowest BCUT2D eigenvalue weighted by Crippen LogP contribution is -2.38. The Morgan fingerprint density at radius 2 is 1.81 bits per heavy atom. The second-order valence-electron chi connectivity index (χ2n) is 3.99. The molecule has 0 spiro atoms. The van der Waals surface area contributed by atoms with Crippen LogP contribution in [0.15, 0.2) is 30.3 Å². The number of carboxylic acids is 1. The Morgan fingerprint density at radius 1 is 1.14 bits per heavy atom. The Bertz CT molecular complexity index is 537. The van der Waals surface area contributed by atoms with E-state index < -0.39 is 24.3 Å². The molecule has 0 fully saturated rings. The van der Waals surface area contributed by atoms with E-state index in [0.717, 1.165) is 5.56 Å². The molecule has 2 amide bonds.